The number of para-hydroxylation sites is 1. The third-order valence-electron chi connectivity index (χ3n) is 3.48. The number of benzene rings is 1. The molecule has 0 bridgehead atoms. The fourth-order valence-electron chi connectivity index (χ4n) is 2.39. The van der Waals surface area contributed by atoms with Crippen molar-refractivity contribution >= 4 is 9.84 Å². The highest BCUT2D eigenvalue weighted by molar-refractivity contribution is 7.91. The van der Waals surface area contributed by atoms with Gasteiger partial charge in [-0.25, -0.2) is 13.1 Å². The maximum atomic E-state index is 11.4. The fourth-order valence-corrected chi connectivity index (χ4v) is 4.10. The molecule has 0 amide bonds. The van der Waals surface area contributed by atoms with Crippen molar-refractivity contribution in [3.63, 3.8) is 0 Å². The molecule has 0 spiro atoms. The highest BCUT2D eigenvalue weighted by Gasteiger charge is 2.27. The van der Waals surface area contributed by atoms with Crippen LogP contribution in [0.15, 0.2) is 42.7 Å². The molecule has 3 rings (SSSR count). The lowest BCUT2D eigenvalue weighted by atomic mass is 10.2. The van der Waals surface area contributed by atoms with Crippen LogP contribution in [0.5, 0.6) is 0 Å². The van der Waals surface area contributed by atoms with Gasteiger partial charge >= 0.3 is 0 Å². The zero-order chi connectivity index (χ0) is 14.0. The number of aromatic nitrogens is 2. The lowest BCUT2D eigenvalue weighted by Crippen LogP contribution is -2.29. The summed E-state index contributed by atoms with van der Waals surface area (Å²) in [5, 5.41) is 7.60. The molecule has 1 N–H and O–H groups in total. The topological polar surface area (TPSA) is 64.0 Å². The average molecular weight is 291 g/mol. The van der Waals surface area contributed by atoms with Crippen molar-refractivity contribution in [1.29, 1.82) is 0 Å². The summed E-state index contributed by atoms with van der Waals surface area (Å²) >= 11 is 0. The third-order valence-corrected chi connectivity index (χ3v) is 5.25. The van der Waals surface area contributed by atoms with E-state index in [1.807, 2.05) is 47.4 Å². The van der Waals surface area contributed by atoms with E-state index in [2.05, 4.69) is 10.4 Å². The Labute approximate surface area is 118 Å². The highest BCUT2D eigenvalue weighted by atomic mass is 32.2. The SMILES string of the molecule is O=S1(=O)CCC(NCc2cnn(-c3ccccc3)c2)C1. The molecule has 0 saturated carbocycles. The number of rotatable bonds is 4. The Morgan fingerprint density at radius 3 is 2.80 bits per heavy atom. The molecular weight excluding hydrogens is 274 g/mol. The predicted octanol–water partition coefficient (Wildman–Crippen LogP) is 1.15. The fraction of sp³-hybridized carbons (Fsp3) is 0.357. The molecule has 1 aliphatic heterocycles. The van der Waals surface area contributed by atoms with Crippen molar-refractivity contribution in [1.82, 2.24) is 15.1 Å². The molecule has 1 atom stereocenters. The first kappa shape index (κ1) is 13.3. The van der Waals surface area contributed by atoms with Crippen molar-refractivity contribution in [3.8, 4) is 5.69 Å². The van der Waals surface area contributed by atoms with E-state index in [1.165, 1.54) is 0 Å². The van der Waals surface area contributed by atoms with Gasteiger partial charge in [0.15, 0.2) is 9.84 Å². The molecule has 1 aromatic carbocycles. The van der Waals surface area contributed by atoms with E-state index < -0.39 is 9.84 Å². The van der Waals surface area contributed by atoms with Gasteiger partial charge in [-0.1, -0.05) is 18.2 Å². The van der Waals surface area contributed by atoms with Gasteiger partial charge in [-0.15, -0.1) is 0 Å². The molecular formula is C14H17N3O2S. The first-order valence-corrected chi connectivity index (χ1v) is 8.47. The molecule has 0 aliphatic carbocycles. The van der Waals surface area contributed by atoms with E-state index in [-0.39, 0.29) is 11.8 Å². The Bertz CT molecular complexity index is 679. The number of hydrogen-bond acceptors (Lipinski definition) is 4. The van der Waals surface area contributed by atoms with Gasteiger partial charge in [-0.05, 0) is 18.6 Å². The molecule has 5 nitrogen and oxygen atoms in total. The summed E-state index contributed by atoms with van der Waals surface area (Å²) in [5.74, 6) is 0.549. The third kappa shape index (κ3) is 3.08. The molecule has 1 aromatic heterocycles. The lowest BCUT2D eigenvalue weighted by molar-refractivity contribution is 0.554. The molecule has 0 radical (unpaired) electrons. The zero-order valence-corrected chi connectivity index (χ0v) is 11.9. The minimum atomic E-state index is -2.82. The predicted molar refractivity (Wildman–Crippen MR) is 77.5 cm³/mol. The molecule has 106 valence electrons. The zero-order valence-electron chi connectivity index (χ0n) is 11.1. The summed E-state index contributed by atoms with van der Waals surface area (Å²) < 4.78 is 24.6. The first-order valence-electron chi connectivity index (χ1n) is 6.65. The van der Waals surface area contributed by atoms with Crippen LogP contribution in [0.25, 0.3) is 5.69 Å². The van der Waals surface area contributed by atoms with Crippen LogP contribution < -0.4 is 5.32 Å². The summed E-state index contributed by atoms with van der Waals surface area (Å²) in [6, 6.07) is 9.97. The average Bonchev–Trinajstić information content (AvgIpc) is 3.04. The molecule has 1 fully saturated rings. The molecule has 2 aromatic rings. The van der Waals surface area contributed by atoms with Crippen LogP contribution in [0.4, 0.5) is 0 Å². The number of nitrogens with zero attached hydrogens (tertiary/aromatic N) is 2. The number of hydrogen-bond donors (Lipinski definition) is 1. The van der Waals surface area contributed by atoms with Crippen LogP contribution >= 0.6 is 0 Å². The van der Waals surface area contributed by atoms with Crippen LogP contribution in [0, 0.1) is 0 Å². The van der Waals surface area contributed by atoms with E-state index in [0.29, 0.717) is 18.7 Å². The Hall–Kier alpha value is -1.66. The van der Waals surface area contributed by atoms with Crippen molar-refractivity contribution in [3.05, 3.63) is 48.3 Å². The molecule has 1 saturated heterocycles. The van der Waals surface area contributed by atoms with Gasteiger partial charge in [-0.3, -0.25) is 0 Å². The van der Waals surface area contributed by atoms with Crippen LogP contribution in [0.2, 0.25) is 0 Å². The molecule has 1 unspecified atom stereocenters. The van der Waals surface area contributed by atoms with Crippen LogP contribution in [-0.4, -0.2) is 35.7 Å². The second-order valence-corrected chi connectivity index (χ2v) is 7.34. The monoisotopic (exact) mass is 291 g/mol. The largest absolute Gasteiger partial charge is 0.309 e. The smallest absolute Gasteiger partial charge is 0.151 e. The Kier molecular flexibility index (Phi) is 3.58. The maximum Gasteiger partial charge on any atom is 0.151 e. The minimum absolute atomic E-state index is 0.0695. The molecule has 2 heterocycles. The van der Waals surface area contributed by atoms with Crippen molar-refractivity contribution < 1.29 is 8.42 Å². The Balaban J connectivity index is 1.61. The van der Waals surface area contributed by atoms with Gasteiger partial charge < -0.3 is 5.32 Å². The van der Waals surface area contributed by atoms with Gasteiger partial charge in [0.1, 0.15) is 0 Å². The van der Waals surface area contributed by atoms with Gasteiger partial charge in [-0.2, -0.15) is 5.10 Å². The van der Waals surface area contributed by atoms with Gasteiger partial charge in [0.05, 0.1) is 23.4 Å². The molecule has 1 aliphatic rings. The standard InChI is InChI=1S/C14H17N3O2S/c18-20(19)7-6-13(11-20)15-8-12-9-16-17(10-12)14-4-2-1-3-5-14/h1-5,9-10,13,15H,6-8,11H2. The molecule has 6 heteroatoms. The second-order valence-electron chi connectivity index (χ2n) is 5.11. The lowest BCUT2D eigenvalue weighted by Gasteiger charge is -2.08. The van der Waals surface area contributed by atoms with E-state index in [9.17, 15) is 8.42 Å². The molecule has 20 heavy (non-hydrogen) atoms. The maximum absolute atomic E-state index is 11.4. The quantitative estimate of drug-likeness (QED) is 0.918. The van der Waals surface area contributed by atoms with E-state index >= 15 is 0 Å². The summed E-state index contributed by atoms with van der Waals surface area (Å²) in [5.41, 5.74) is 2.07. The van der Waals surface area contributed by atoms with Crippen molar-refractivity contribution in [2.75, 3.05) is 11.5 Å². The summed E-state index contributed by atoms with van der Waals surface area (Å²) in [6.07, 6.45) is 4.48. The van der Waals surface area contributed by atoms with E-state index in [1.54, 1.807) is 0 Å². The van der Waals surface area contributed by atoms with Gasteiger partial charge in [0, 0.05) is 24.3 Å². The first-order chi connectivity index (χ1) is 9.62. The minimum Gasteiger partial charge on any atom is -0.309 e. The van der Waals surface area contributed by atoms with Crippen molar-refractivity contribution in [2.24, 2.45) is 0 Å². The van der Waals surface area contributed by atoms with Crippen molar-refractivity contribution in [2.45, 2.75) is 19.0 Å². The van der Waals surface area contributed by atoms with Crippen LogP contribution in [0.1, 0.15) is 12.0 Å². The van der Waals surface area contributed by atoms with E-state index in [4.69, 9.17) is 0 Å². The second kappa shape index (κ2) is 5.38. The summed E-state index contributed by atoms with van der Waals surface area (Å²) in [7, 11) is -2.82. The van der Waals surface area contributed by atoms with Gasteiger partial charge in [0.2, 0.25) is 0 Å². The normalized spacial score (nSPS) is 21.1. The van der Waals surface area contributed by atoms with Gasteiger partial charge in [0.25, 0.3) is 0 Å². The Morgan fingerprint density at radius 1 is 1.30 bits per heavy atom. The van der Waals surface area contributed by atoms with Crippen LogP contribution in [0.3, 0.4) is 0 Å². The number of sulfone groups is 1. The summed E-state index contributed by atoms with van der Waals surface area (Å²) in [6.45, 7) is 0.646. The highest BCUT2D eigenvalue weighted by Crippen LogP contribution is 2.12. The number of nitrogens with one attached hydrogen (secondary N) is 1. The Morgan fingerprint density at radius 2 is 2.10 bits per heavy atom. The van der Waals surface area contributed by atoms with E-state index in [0.717, 1.165) is 11.3 Å². The van der Waals surface area contributed by atoms with Crippen LogP contribution in [-0.2, 0) is 16.4 Å². The summed E-state index contributed by atoms with van der Waals surface area (Å²) in [4.78, 5) is 0.